The van der Waals surface area contributed by atoms with Crippen LogP contribution in [0, 0.1) is 0 Å². The molecule has 134 valence electrons. The maximum Gasteiger partial charge on any atom is 0.339 e. The molecule has 0 radical (unpaired) electrons. The topological polar surface area (TPSA) is 94.1 Å². The second-order valence-electron chi connectivity index (χ2n) is 5.50. The van der Waals surface area contributed by atoms with Crippen molar-refractivity contribution in [3.05, 3.63) is 46.2 Å². The molecule has 1 aromatic rings. The van der Waals surface area contributed by atoms with E-state index in [1.54, 1.807) is 32.0 Å². The largest absolute Gasteiger partial charge is 0.504 e. The van der Waals surface area contributed by atoms with E-state index in [9.17, 15) is 14.7 Å². The molecule has 0 spiro atoms. The van der Waals surface area contributed by atoms with E-state index >= 15 is 0 Å². The van der Waals surface area contributed by atoms with Crippen molar-refractivity contribution in [2.45, 2.75) is 19.9 Å². The Morgan fingerprint density at radius 3 is 2.28 bits per heavy atom. The molecule has 0 amide bonds. The van der Waals surface area contributed by atoms with Crippen LogP contribution >= 0.6 is 0 Å². The number of ether oxygens (including phenoxy) is 3. The van der Waals surface area contributed by atoms with Crippen molar-refractivity contribution in [3.8, 4) is 11.5 Å². The second kappa shape index (κ2) is 7.29. The number of rotatable bonds is 4. The number of aromatic hydroxyl groups is 1. The predicted octanol–water partition coefficient (Wildman–Crippen LogP) is 1.98. The lowest BCUT2D eigenvalue weighted by molar-refractivity contribution is -0.136. The smallest absolute Gasteiger partial charge is 0.339 e. The van der Waals surface area contributed by atoms with Gasteiger partial charge in [-0.15, -0.1) is 0 Å². The summed E-state index contributed by atoms with van der Waals surface area (Å²) >= 11 is 0. The third-order valence-electron chi connectivity index (χ3n) is 4.16. The van der Waals surface area contributed by atoms with E-state index in [1.165, 1.54) is 21.3 Å². The number of methoxy groups -OCH3 is 3. The highest BCUT2D eigenvalue weighted by atomic mass is 16.5. The molecule has 0 aliphatic carbocycles. The summed E-state index contributed by atoms with van der Waals surface area (Å²) in [4.78, 5) is 24.5. The number of phenols is 1. The van der Waals surface area contributed by atoms with Crippen LogP contribution in [-0.2, 0) is 19.1 Å². The number of carbonyl (C=O) groups is 2. The number of hydrogen-bond donors (Lipinski definition) is 2. The molecule has 25 heavy (non-hydrogen) atoms. The third-order valence-corrected chi connectivity index (χ3v) is 4.16. The maximum absolute atomic E-state index is 12.4. The number of dihydropyridines is 1. The predicted molar refractivity (Wildman–Crippen MR) is 90.0 cm³/mol. The molecule has 0 saturated heterocycles. The highest BCUT2D eigenvalue weighted by Gasteiger charge is 2.35. The molecule has 0 bridgehead atoms. The summed E-state index contributed by atoms with van der Waals surface area (Å²) in [6.07, 6.45) is 0. The van der Waals surface area contributed by atoms with Crippen LogP contribution < -0.4 is 10.1 Å². The summed E-state index contributed by atoms with van der Waals surface area (Å²) in [5, 5.41) is 13.6. The first kappa shape index (κ1) is 18.4. The fourth-order valence-electron chi connectivity index (χ4n) is 2.95. The summed E-state index contributed by atoms with van der Waals surface area (Å²) in [7, 11) is 3.97. The first-order valence-corrected chi connectivity index (χ1v) is 7.58. The average Bonchev–Trinajstić information content (AvgIpc) is 2.60. The first-order valence-electron chi connectivity index (χ1n) is 7.58. The summed E-state index contributed by atoms with van der Waals surface area (Å²) in [5.41, 5.74) is 1.88. The van der Waals surface area contributed by atoms with E-state index in [0.29, 0.717) is 16.8 Å². The molecule has 2 N–H and O–H groups in total. The minimum Gasteiger partial charge on any atom is -0.504 e. The van der Waals surface area contributed by atoms with Crippen LogP contribution in [0.5, 0.6) is 11.5 Å². The van der Waals surface area contributed by atoms with Crippen LogP contribution in [0.1, 0.15) is 25.5 Å². The van der Waals surface area contributed by atoms with E-state index in [4.69, 9.17) is 14.2 Å². The normalized spacial score (nSPS) is 17.1. The van der Waals surface area contributed by atoms with Gasteiger partial charge in [-0.05, 0) is 25.5 Å². The van der Waals surface area contributed by atoms with Crippen LogP contribution in [0.2, 0.25) is 0 Å². The molecule has 1 aromatic carbocycles. The van der Waals surface area contributed by atoms with Crippen LogP contribution in [0.25, 0.3) is 0 Å². The molecular weight excluding hydrogens is 326 g/mol. The van der Waals surface area contributed by atoms with Crippen molar-refractivity contribution in [2.24, 2.45) is 0 Å². The Balaban J connectivity index is 2.67. The van der Waals surface area contributed by atoms with E-state index < -0.39 is 18.0 Å². The Morgan fingerprint density at radius 2 is 1.72 bits per heavy atom. The number of allylic oxidation sites excluding steroid dienone is 1. The zero-order valence-corrected chi connectivity index (χ0v) is 14.8. The molecule has 1 unspecified atom stereocenters. The zero-order chi connectivity index (χ0) is 18.7. The average molecular weight is 347 g/mol. The monoisotopic (exact) mass is 347 g/mol. The third kappa shape index (κ3) is 3.17. The molecule has 1 aliphatic rings. The van der Waals surface area contributed by atoms with Crippen LogP contribution in [0.3, 0.4) is 0 Å². The number of esters is 2. The van der Waals surface area contributed by atoms with Gasteiger partial charge in [-0.25, -0.2) is 9.59 Å². The van der Waals surface area contributed by atoms with Crippen molar-refractivity contribution in [2.75, 3.05) is 21.3 Å². The van der Waals surface area contributed by atoms with Crippen molar-refractivity contribution >= 4 is 11.9 Å². The van der Waals surface area contributed by atoms with Gasteiger partial charge in [0.15, 0.2) is 11.5 Å². The number of hydrogen-bond acceptors (Lipinski definition) is 7. The summed E-state index contributed by atoms with van der Waals surface area (Å²) in [6.45, 7) is 3.35. The van der Waals surface area contributed by atoms with E-state index in [2.05, 4.69) is 5.32 Å². The first-order chi connectivity index (χ1) is 11.9. The van der Waals surface area contributed by atoms with Crippen molar-refractivity contribution in [1.29, 1.82) is 0 Å². The maximum atomic E-state index is 12.4. The summed E-state index contributed by atoms with van der Waals surface area (Å²) in [5.74, 6) is -0.976. The molecule has 2 rings (SSSR count). The number of nitrogens with one attached hydrogen (secondary N) is 1. The molecule has 1 aliphatic heterocycles. The van der Waals surface area contributed by atoms with Crippen LogP contribution in [0.4, 0.5) is 0 Å². The Labute approximate surface area is 145 Å². The van der Waals surface area contributed by atoms with Gasteiger partial charge in [-0.2, -0.15) is 0 Å². The standard InChI is InChI=1S/C18H21NO6/c1-9-13(17(21)24-4)10(2)19-15(14(9)18(22)25-5)11-7-6-8-12(23-3)16(11)20/h6-8,15,19-20H,1-5H3. The molecule has 1 heterocycles. The van der Waals surface area contributed by atoms with E-state index in [-0.39, 0.29) is 22.6 Å². The Bertz CT molecular complexity index is 778. The highest BCUT2D eigenvalue weighted by Crippen LogP contribution is 2.41. The quantitative estimate of drug-likeness (QED) is 0.804. The molecule has 7 nitrogen and oxygen atoms in total. The van der Waals surface area contributed by atoms with Crippen molar-refractivity contribution in [1.82, 2.24) is 5.32 Å². The number of para-hydroxylation sites is 1. The van der Waals surface area contributed by atoms with Crippen molar-refractivity contribution in [3.63, 3.8) is 0 Å². The van der Waals surface area contributed by atoms with Gasteiger partial charge in [0.25, 0.3) is 0 Å². The number of phenolic OH excluding ortho intramolecular Hbond substituents is 1. The lowest BCUT2D eigenvalue weighted by atomic mass is 9.86. The lowest BCUT2D eigenvalue weighted by Gasteiger charge is -2.30. The molecular formula is C18H21NO6. The van der Waals surface area contributed by atoms with Crippen LogP contribution in [0.15, 0.2) is 40.6 Å². The zero-order valence-electron chi connectivity index (χ0n) is 14.8. The Hall–Kier alpha value is -2.96. The minimum atomic E-state index is -0.698. The molecule has 7 heteroatoms. The van der Waals surface area contributed by atoms with Gasteiger partial charge < -0.3 is 24.6 Å². The number of carbonyl (C=O) groups excluding carboxylic acids is 2. The van der Waals surface area contributed by atoms with Crippen molar-refractivity contribution < 1.29 is 28.9 Å². The van der Waals surface area contributed by atoms with E-state index in [0.717, 1.165) is 0 Å². The number of benzene rings is 1. The molecule has 0 saturated carbocycles. The fraction of sp³-hybridized carbons (Fsp3) is 0.333. The van der Waals surface area contributed by atoms with Gasteiger partial charge in [-0.3, -0.25) is 0 Å². The van der Waals surface area contributed by atoms with Gasteiger partial charge in [0.05, 0.1) is 38.5 Å². The summed E-state index contributed by atoms with van der Waals surface area (Å²) < 4.78 is 14.8. The summed E-state index contributed by atoms with van der Waals surface area (Å²) in [6, 6.07) is 4.28. The van der Waals surface area contributed by atoms with Gasteiger partial charge in [-0.1, -0.05) is 12.1 Å². The molecule has 0 aromatic heterocycles. The van der Waals surface area contributed by atoms with E-state index in [1.807, 2.05) is 0 Å². The molecule has 1 atom stereocenters. The second-order valence-corrected chi connectivity index (χ2v) is 5.50. The highest BCUT2D eigenvalue weighted by molar-refractivity contribution is 6.00. The minimum absolute atomic E-state index is 0.0916. The lowest BCUT2D eigenvalue weighted by Crippen LogP contribution is -2.33. The van der Waals surface area contributed by atoms with Gasteiger partial charge in [0.1, 0.15) is 0 Å². The molecule has 0 fully saturated rings. The van der Waals surface area contributed by atoms with Gasteiger partial charge in [0, 0.05) is 11.3 Å². The van der Waals surface area contributed by atoms with Crippen LogP contribution in [-0.4, -0.2) is 38.4 Å². The van der Waals surface area contributed by atoms with Gasteiger partial charge in [0.2, 0.25) is 0 Å². The SMILES string of the molecule is COC(=O)C1=C(C)NC(c2cccc(OC)c2O)C(C(=O)OC)=C1C. The Morgan fingerprint density at radius 1 is 1.08 bits per heavy atom. The van der Waals surface area contributed by atoms with Gasteiger partial charge >= 0.3 is 11.9 Å². The fourth-order valence-corrected chi connectivity index (χ4v) is 2.95. The Kier molecular flexibility index (Phi) is 5.36.